The Balaban J connectivity index is 1.24. The molecule has 0 spiro atoms. The third-order valence-electron chi connectivity index (χ3n) is 5.98. The van der Waals surface area contributed by atoms with Crippen LogP contribution >= 0.6 is 0 Å². The summed E-state index contributed by atoms with van der Waals surface area (Å²) in [5.41, 5.74) is 1.92. The van der Waals surface area contributed by atoms with Crippen LogP contribution < -0.4 is 0 Å². The molecule has 2 fully saturated rings. The van der Waals surface area contributed by atoms with Gasteiger partial charge in [0.15, 0.2) is 5.69 Å². The summed E-state index contributed by atoms with van der Waals surface area (Å²) < 4.78 is 1.88. The van der Waals surface area contributed by atoms with Crippen LogP contribution in [0, 0.1) is 5.92 Å². The Bertz CT molecular complexity index is 753. The Morgan fingerprint density at radius 1 is 1.07 bits per heavy atom. The number of nitrogens with zero attached hydrogens (tertiary/aromatic N) is 5. The predicted molar refractivity (Wildman–Crippen MR) is 109 cm³/mol. The summed E-state index contributed by atoms with van der Waals surface area (Å²) in [6.07, 6.45) is 8.86. The molecular formula is C22H31N5O. The SMILES string of the molecule is O=C(c1cn(CC2CCCN(CCCc3ccccc3)C2)nn1)N1CCCC1. The van der Waals surface area contributed by atoms with Gasteiger partial charge in [-0.1, -0.05) is 35.5 Å². The molecule has 6 nitrogen and oxygen atoms in total. The summed E-state index contributed by atoms with van der Waals surface area (Å²) >= 11 is 0. The van der Waals surface area contributed by atoms with E-state index in [0.29, 0.717) is 11.6 Å². The third-order valence-corrected chi connectivity index (χ3v) is 5.98. The largest absolute Gasteiger partial charge is 0.337 e. The van der Waals surface area contributed by atoms with Crippen molar-refractivity contribution in [2.45, 2.75) is 45.1 Å². The van der Waals surface area contributed by atoms with Gasteiger partial charge in [0.1, 0.15) is 0 Å². The monoisotopic (exact) mass is 381 g/mol. The van der Waals surface area contributed by atoms with Crippen LogP contribution in [0.4, 0.5) is 0 Å². The molecule has 2 aliphatic heterocycles. The minimum absolute atomic E-state index is 0.0370. The highest BCUT2D eigenvalue weighted by molar-refractivity contribution is 5.92. The van der Waals surface area contributed by atoms with Gasteiger partial charge in [-0.05, 0) is 63.1 Å². The average molecular weight is 382 g/mol. The number of hydrogen-bond donors (Lipinski definition) is 0. The van der Waals surface area contributed by atoms with Crippen LogP contribution in [0.5, 0.6) is 0 Å². The molecule has 0 aliphatic carbocycles. The normalized spacial score (nSPS) is 20.6. The zero-order chi connectivity index (χ0) is 19.2. The Hall–Kier alpha value is -2.21. The second-order valence-corrected chi connectivity index (χ2v) is 8.22. The topological polar surface area (TPSA) is 54.3 Å². The van der Waals surface area contributed by atoms with Crippen LogP contribution in [0.25, 0.3) is 0 Å². The maximum atomic E-state index is 12.4. The summed E-state index contributed by atoms with van der Waals surface area (Å²) in [5.74, 6) is 0.622. The molecule has 0 saturated carbocycles. The zero-order valence-electron chi connectivity index (χ0n) is 16.7. The van der Waals surface area contributed by atoms with Gasteiger partial charge in [-0.15, -0.1) is 5.10 Å². The molecule has 3 heterocycles. The number of rotatable bonds is 7. The number of benzene rings is 1. The first kappa shape index (κ1) is 19.1. The Kier molecular flexibility index (Phi) is 6.37. The maximum Gasteiger partial charge on any atom is 0.276 e. The van der Waals surface area contributed by atoms with Gasteiger partial charge in [-0.2, -0.15) is 0 Å². The Labute approximate surface area is 167 Å². The number of piperidine rings is 1. The standard InChI is InChI=1S/C22H31N5O/c28-22(26-14-4-5-15-26)21-18-27(24-23-21)17-20-11-7-13-25(16-20)12-6-10-19-8-2-1-3-9-19/h1-3,8-9,18,20H,4-7,10-17H2. The second kappa shape index (κ2) is 9.32. The van der Waals surface area contributed by atoms with E-state index in [1.165, 1.54) is 31.4 Å². The predicted octanol–water partition coefficient (Wildman–Crippen LogP) is 2.86. The quantitative estimate of drug-likeness (QED) is 0.740. The van der Waals surface area contributed by atoms with Crippen LogP contribution in [0.2, 0.25) is 0 Å². The lowest BCUT2D eigenvalue weighted by atomic mass is 9.97. The molecule has 2 aliphatic rings. The van der Waals surface area contributed by atoms with E-state index in [9.17, 15) is 4.79 Å². The molecule has 150 valence electrons. The van der Waals surface area contributed by atoms with Crippen molar-refractivity contribution in [1.29, 1.82) is 0 Å². The number of aryl methyl sites for hydroxylation is 1. The molecule has 4 rings (SSSR count). The van der Waals surface area contributed by atoms with Crippen LogP contribution in [-0.4, -0.2) is 63.4 Å². The summed E-state index contributed by atoms with van der Waals surface area (Å²) in [5, 5.41) is 8.37. The fraction of sp³-hybridized carbons (Fsp3) is 0.591. The first-order chi connectivity index (χ1) is 13.8. The lowest BCUT2D eigenvalue weighted by Crippen LogP contribution is -2.37. The van der Waals surface area contributed by atoms with E-state index >= 15 is 0 Å². The van der Waals surface area contributed by atoms with Crippen LogP contribution in [0.15, 0.2) is 36.5 Å². The van der Waals surface area contributed by atoms with Gasteiger partial charge in [0, 0.05) is 26.2 Å². The molecule has 2 saturated heterocycles. The zero-order valence-corrected chi connectivity index (χ0v) is 16.7. The molecule has 2 aromatic rings. The fourth-order valence-electron chi connectivity index (χ4n) is 4.49. The van der Waals surface area contributed by atoms with Crippen LogP contribution in [0.1, 0.15) is 48.2 Å². The highest BCUT2D eigenvalue weighted by Gasteiger charge is 2.24. The molecule has 1 amide bonds. The fourth-order valence-corrected chi connectivity index (χ4v) is 4.49. The highest BCUT2D eigenvalue weighted by atomic mass is 16.2. The van der Waals surface area contributed by atoms with Crippen molar-refractivity contribution in [3.63, 3.8) is 0 Å². The minimum Gasteiger partial charge on any atom is -0.337 e. The van der Waals surface area contributed by atoms with Gasteiger partial charge in [0.25, 0.3) is 5.91 Å². The Morgan fingerprint density at radius 3 is 2.71 bits per heavy atom. The Morgan fingerprint density at radius 2 is 1.89 bits per heavy atom. The van der Waals surface area contributed by atoms with Gasteiger partial charge in [0.2, 0.25) is 0 Å². The first-order valence-corrected chi connectivity index (χ1v) is 10.7. The van der Waals surface area contributed by atoms with E-state index in [1.807, 2.05) is 15.8 Å². The highest BCUT2D eigenvalue weighted by Crippen LogP contribution is 2.19. The van der Waals surface area contributed by atoms with Gasteiger partial charge >= 0.3 is 0 Å². The first-order valence-electron chi connectivity index (χ1n) is 10.7. The summed E-state index contributed by atoms with van der Waals surface area (Å²) in [7, 11) is 0. The maximum absolute atomic E-state index is 12.4. The summed E-state index contributed by atoms with van der Waals surface area (Å²) in [6, 6.07) is 10.7. The smallest absolute Gasteiger partial charge is 0.276 e. The molecule has 1 atom stereocenters. The van der Waals surface area contributed by atoms with Crippen molar-refractivity contribution in [2.75, 3.05) is 32.7 Å². The molecule has 0 bridgehead atoms. The number of aromatic nitrogens is 3. The number of hydrogen-bond acceptors (Lipinski definition) is 4. The molecule has 28 heavy (non-hydrogen) atoms. The van der Waals surface area contributed by atoms with E-state index in [0.717, 1.165) is 52.0 Å². The van der Waals surface area contributed by atoms with Crippen LogP contribution in [0.3, 0.4) is 0 Å². The van der Waals surface area contributed by atoms with Crippen molar-refractivity contribution < 1.29 is 4.79 Å². The molecule has 1 unspecified atom stereocenters. The molecule has 1 aromatic carbocycles. The van der Waals surface area contributed by atoms with E-state index in [2.05, 4.69) is 45.5 Å². The lowest BCUT2D eigenvalue weighted by Gasteiger charge is -2.32. The average Bonchev–Trinajstić information content (AvgIpc) is 3.41. The molecular weight excluding hydrogens is 350 g/mol. The van der Waals surface area contributed by atoms with Gasteiger partial charge in [-0.3, -0.25) is 9.48 Å². The van der Waals surface area contributed by atoms with Crippen molar-refractivity contribution in [2.24, 2.45) is 5.92 Å². The molecule has 0 N–H and O–H groups in total. The van der Waals surface area contributed by atoms with E-state index in [-0.39, 0.29) is 5.91 Å². The van der Waals surface area contributed by atoms with Crippen molar-refractivity contribution in [1.82, 2.24) is 24.8 Å². The molecule has 1 aromatic heterocycles. The second-order valence-electron chi connectivity index (χ2n) is 8.22. The third kappa shape index (κ3) is 4.98. The number of likely N-dealkylation sites (tertiary alicyclic amines) is 2. The van der Waals surface area contributed by atoms with Crippen molar-refractivity contribution in [3.8, 4) is 0 Å². The number of amides is 1. The lowest BCUT2D eigenvalue weighted by molar-refractivity contribution is 0.0787. The number of carbonyl (C=O) groups excluding carboxylic acids is 1. The minimum atomic E-state index is 0.0370. The van der Waals surface area contributed by atoms with Gasteiger partial charge in [-0.25, -0.2) is 0 Å². The van der Waals surface area contributed by atoms with Gasteiger partial charge in [0.05, 0.1) is 6.20 Å². The molecule has 6 heteroatoms. The van der Waals surface area contributed by atoms with E-state index < -0.39 is 0 Å². The summed E-state index contributed by atoms with van der Waals surface area (Å²) in [4.78, 5) is 16.9. The number of carbonyl (C=O) groups is 1. The van der Waals surface area contributed by atoms with Crippen molar-refractivity contribution in [3.05, 3.63) is 47.8 Å². The summed E-state index contributed by atoms with van der Waals surface area (Å²) in [6.45, 7) is 6.03. The molecule has 0 radical (unpaired) electrons. The van der Waals surface area contributed by atoms with Gasteiger partial charge < -0.3 is 9.80 Å². The van der Waals surface area contributed by atoms with Crippen molar-refractivity contribution >= 4 is 5.91 Å². The van der Waals surface area contributed by atoms with E-state index in [1.54, 1.807) is 0 Å². The van der Waals surface area contributed by atoms with Crippen LogP contribution in [-0.2, 0) is 13.0 Å². The van der Waals surface area contributed by atoms with E-state index in [4.69, 9.17) is 0 Å².